The lowest BCUT2D eigenvalue weighted by Crippen LogP contribution is -2.08. The fraction of sp³-hybridized carbons (Fsp3) is 0.188. The van der Waals surface area contributed by atoms with Crippen LogP contribution in [-0.2, 0) is 12.6 Å². The van der Waals surface area contributed by atoms with Crippen LogP contribution >= 0.6 is 0 Å². The molecule has 2 aromatic rings. The zero-order valence-corrected chi connectivity index (χ0v) is 11.8. The van der Waals surface area contributed by atoms with E-state index in [1.54, 1.807) is 0 Å². The van der Waals surface area contributed by atoms with Gasteiger partial charge in [0, 0.05) is 0 Å². The summed E-state index contributed by atoms with van der Waals surface area (Å²) in [6.07, 6.45) is -4.36. The summed E-state index contributed by atoms with van der Waals surface area (Å²) in [5.74, 6) is -0.368. The van der Waals surface area contributed by atoms with Crippen LogP contribution in [0.3, 0.4) is 0 Å². The van der Waals surface area contributed by atoms with Gasteiger partial charge in [0.25, 0.3) is 0 Å². The number of halogens is 4. The third-order valence-corrected chi connectivity index (χ3v) is 3.08. The lowest BCUT2D eigenvalue weighted by Gasteiger charge is -2.14. The summed E-state index contributed by atoms with van der Waals surface area (Å²) in [6.45, 7) is 0.237. The molecule has 0 unspecified atom stereocenters. The van der Waals surface area contributed by atoms with E-state index < -0.39 is 23.1 Å². The van der Waals surface area contributed by atoms with E-state index in [2.05, 4.69) is 0 Å². The van der Waals surface area contributed by atoms with Gasteiger partial charge in [-0.1, -0.05) is 0 Å². The Labute approximate surface area is 129 Å². The number of rotatable bonds is 4. The van der Waals surface area contributed by atoms with Gasteiger partial charge in [0.1, 0.15) is 17.3 Å². The molecule has 0 aliphatic carbocycles. The summed E-state index contributed by atoms with van der Waals surface area (Å²) in [6, 6.07) is 8.21. The first-order valence-corrected chi connectivity index (χ1v) is 6.63. The van der Waals surface area contributed by atoms with Gasteiger partial charge in [-0.25, -0.2) is 4.39 Å². The number of nitrogens with two attached hydrogens (primary N) is 1. The molecule has 0 spiro atoms. The zero-order chi connectivity index (χ0) is 17.0. The molecule has 0 amide bonds. The highest BCUT2D eigenvalue weighted by molar-refractivity contribution is 5.46. The number of nitriles is 1. The van der Waals surface area contributed by atoms with Gasteiger partial charge >= 0.3 is 6.18 Å². The molecule has 0 aliphatic heterocycles. The molecule has 23 heavy (non-hydrogen) atoms. The van der Waals surface area contributed by atoms with Crippen LogP contribution in [0.5, 0.6) is 11.5 Å². The summed E-state index contributed by atoms with van der Waals surface area (Å²) in [5.41, 5.74) is 4.30. The second-order valence-corrected chi connectivity index (χ2v) is 4.71. The van der Waals surface area contributed by atoms with Crippen LogP contribution in [0.15, 0.2) is 36.4 Å². The van der Waals surface area contributed by atoms with Gasteiger partial charge in [0.05, 0.1) is 17.2 Å². The Balaban J connectivity index is 2.40. The van der Waals surface area contributed by atoms with Crippen LogP contribution in [0, 0.1) is 17.1 Å². The highest BCUT2D eigenvalue weighted by Gasteiger charge is 2.34. The molecule has 0 aliphatic rings. The van der Waals surface area contributed by atoms with Crippen molar-refractivity contribution in [2.75, 3.05) is 6.54 Å². The van der Waals surface area contributed by atoms with Gasteiger partial charge in [0.2, 0.25) is 0 Å². The fourth-order valence-corrected chi connectivity index (χ4v) is 2.04. The molecule has 2 aromatic carbocycles. The van der Waals surface area contributed by atoms with Crippen LogP contribution in [0.1, 0.15) is 16.7 Å². The number of benzene rings is 2. The molecule has 0 saturated heterocycles. The maximum Gasteiger partial charge on any atom is 0.417 e. The molecule has 120 valence electrons. The van der Waals surface area contributed by atoms with Gasteiger partial charge in [0.15, 0.2) is 0 Å². The predicted octanol–water partition coefficient (Wildman–Crippen LogP) is 4.01. The van der Waals surface area contributed by atoms with E-state index in [-0.39, 0.29) is 18.0 Å². The van der Waals surface area contributed by atoms with Crippen LogP contribution in [0.25, 0.3) is 0 Å². The third kappa shape index (κ3) is 3.99. The first-order chi connectivity index (χ1) is 10.8. The van der Waals surface area contributed by atoms with E-state index in [1.807, 2.05) is 0 Å². The average molecular weight is 324 g/mol. The van der Waals surface area contributed by atoms with Crippen LogP contribution in [0.4, 0.5) is 17.6 Å². The minimum atomic E-state index is -4.67. The number of hydrogen-bond donors (Lipinski definition) is 1. The fourth-order valence-electron chi connectivity index (χ4n) is 2.04. The minimum Gasteiger partial charge on any atom is -0.457 e. The first-order valence-electron chi connectivity index (χ1n) is 6.63. The minimum absolute atomic E-state index is 0.0961. The van der Waals surface area contributed by atoms with E-state index >= 15 is 0 Å². The third-order valence-electron chi connectivity index (χ3n) is 3.08. The second-order valence-electron chi connectivity index (χ2n) is 4.71. The average Bonchev–Trinajstić information content (AvgIpc) is 2.49. The smallest absolute Gasteiger partial charge is 0.417 e. The van der Waals surface area contributed by atoms with Crippen molar-refractivity contribution < 1.29 is 22.3 Å². The van der Waals surface area contributed by atoms with Crippen molar-refractivity contribution in [3.8, 4) is 17.6 Å². The largest absolute Gasteiger partial charge is 0.457 e. The number of nitrogens with zero attached hydrogens (tertiary/aromatic N) is 1. The van der Waals surface area contributed by atoms with Crippen molar-refractivity contribution in [3.63, 3.8) is 0 Å². The summed E-state index contributed by atoms with van der Waals surface area (Å²) in [5, 5.41) is 8.76. The monoisotopic (exact) mass is 324 g/mol. The molecule has 3 nitrogen and oxygen atoms in total. The Morgan fingerprint density at radius 1 is 1.13 bits per heavy atom. The van der Waals surface area contributed by atoms with E-state index in [4.69, 9.17) is 15.7 Å². The summed E-state index contributed by atoms with van der Waals surface area (Å²) < 4.78 is 57.5. The van der Waals surface area contributed by atoms with Crippen molar-refractivity contribution in [1.29, 1.82) is 5.26 Å². The Bertz CT molecular complexity index is 751. The molecule has 0 radical (unpaired) electrons. The second kappa shape index (κ2) is 6.67. The molecule has 0 heterocycles. The van der Waals surface area contributed by atoms with Crippen LogP contribution in [0.2, 0.25) is 0 Å². The van der Waals surface area contributed by atoms with Gasteiger partial charge in [-0.3, -0.25) is 0 Å². The Morgan fingerprint density at radius 3 is 2.48 bits per heavy atom. The number of ether oxygens (including phenoxy) is 1. The van der Waals surface area contributed by atoms with E-state index in [0.717, 1.165) is 18.2 Å². The lowest BCUT2D eigenvalue weighted by atomic mass is 10.1. The quantitative estimate of drug-likeness (QED) is 0.865. The Hall–Kier alpha value is -2.59. The number of alkyl halides is 3. The molecule has 0 atom stereocenters. The SMILES string of the molecule is N#Cc1ccc(Oc2ccc(F)cc2CCN)cc1C(F)(F)F. The van der Waals surface area contributed by atoms with Gasteiger partial charge in [-0.15, -0.1) is 0 Å². The normalized spacial score (nSPS) is 11.1. The summed E-state index contributed by atoms with van der Waals surface area (Å²) in [7, 11) is 0. The van der Waals surface area contributed by atoms with Crippen molar-refractivity contribution in [2.45, 2.75) is 12.6 Å². The van der Waals surface area contributed by atoms with Crippen molar-refractivity contribution in [2.24, 2.45) is 5.73 Å². The molecule has 7 heteroatoms. The molecule has 0 aromatic heterocycles. The predicted molar refractivity (Wildman–Crippen MR) is 75.4 cm³/mol. The van der Waals surface area contributed by atoms with Crippen LogP contribution in [-0.4, -0.2) is 6.54 Å². The standard InChI is InChI=1S/C16H12F4N2O/c17-12-2-4-15(10(7-12)5-6-21)23-13-3-1-11(9-22)14(8-13)16(18,19)20/h1-4,7-8H,5-6,21H2. The number of hydrogen-bond acceptors (Lipinski definition) is 3. The molecule has 2 rings (SSSR count). The molecular formula is C16H12F4N2O. The highest BCUT2D eigenvalue weighted by Crippen LogP contribution is 2.36. The maximum atomic E-state index is 13.2. The van der Waals surface area contributed by atoms with Crippen molar-refractivity contribution in [1.82, 2.24) is 0 Å². The summed E-state index contributed by atoms with van der Waals surface area (Å²) in [4.78, 5) is 0. The van der Waals surface area contributed by atoms with Gasteiger partial charge < -0.3 is 10.5 Å². The topological polar surface area (TPSA) is 59.0 Å². The van der Waals surface area contributed by atoms with Gasteiger partial charge in [-0.2, -0.15) is 18.4 Å². The molecule has 0 fully saturated rings. The molecular weight excluding hydrogens is 312 g/mol. The van der Waals surface area contributed by atoms with Gasteiger partial charge in [-0.05, 0) is 54.9 Å². The van der Waals surface area contributed by atoms with Crippen LogP contribution < -0.4 is 10.5 Å². The van der Waals surface area contributed by atoms with Crippen molar-refractivity contribution >= 4 is 0 Å². The lowest BCUT2D eigenvalue weighted by molar-refractivity contribution is -0.137. The maximum absolute atomic E-state index is 13.2. The molecule has 0 saturated carbocycles. The van der Waals surface area contributed by atoms with Crippen molar-refractivity contribution in [3.05, 3.63) is 58.9 Å². The first kappa shape index (κ1) is 16.8. The Kier molecular flexibility index (Phi) is 4.86. The van der Waals surface area contributed by atoms with E-state index in [9.17, 15) is 17.6 Å². The van der Waals surface area contributed by atoms with E-state index in [1.165, 1.54) is 24.3 Å². The highest BCUT2D eigenvalue weighted by atomic mass is 19.4. The van der Waals surface area contributed by atoms with E-state index in [0.29, 0.717) is 12.0 Å². The summed E-state index contributed by atoms with van der Waals surface area (Å²) >= 11 is 0. The molecule has 2 N–H and O–H groups in total. The Morgan fingerprint density at radius 2 is 1.87 bits per heavy atom. The zero-order valence-electron chi connectivity index (χ0n) is 11.8. The molecule has 0 bridgehead atoms.